The number of sulfonamides is 1. The van der Waals surface area contributed by atoms with E-state index in [1.165, 1.54) is 0 Å². The molecule has 0 heterocycles. The molecule has 0 fully saturated rings. The first kappa shape index (κ1) is 10.4. The van der Waals surface area contributed by atoms with Crippen molar-refractivity contribution in [1.29, 1.82) is 0 Å². The van der Waals surface area contributed by atoms with E-state index in [-0.39, 0.29) is 0 Å². The molecule has 0 rings (SSSR count). The molecule has 0 radical (unpaired) electrons. The number of halogens is 3. The molecule has 11 heavy (non-hydrogen) atoms. The molecular formula is C4H6F3NO2S. The topological polar surface area (TPSA) is 46.2 Å². The average molecular weight is 189 g/mol. The van der Waals surface area contributed by atoms with Crippen molar-refractivity contribution >= 4 is 10.0 Å². The van der Waals surface area contributed by atoms with Crippen molar-refractivity contribution in [1.82, 2.24) is 4.72 Å². The van der Waals surface area contributed by atoms with Crippen LogP contribution in [0, 0.1) is 0 Å². The van der Waals surface area contributed by atoms with Gasteiger partial charge in [0, 0.05) is 5.41 Å². The Hall–Kier alpha value is -0.560. The van der Waals surface area contributed by atoms with Gasteiger partial charge in [-0.3, -0.25) is 0 Å². The first-order valence-corrected chi connectivity index (χ1v) is 4.00. The molecule has 0 amide bonds. The summed E-state index contributed by atoms with van der Waals surface area (Å²) in [7, 11) is -4.10. The lowest BCUT2D eigenvalue weighted by molar-refractivity contribution is 0.0442. The van der Waals surface area contributed by atoms with Crippen LogP contribution < -0.4 is 4.72 Å². The summed E-state index contributed by atoms with van der Waals surface area (Å²) in [5.74, 6) is 0. The van der Waals surface area contributed by atoms with Crippen molar-refractivity contribution in [3.05, 3.63) is 12.0 Å². The molecule has 0 bridgehead atoms. The predicted octanol–water partition coefficient (Wildman–Crippen LogP) is 0.610. The second-order valence-electron chi connectivity index (χ2n) is 1.57. The molecule has 0 aliphatic heterocycles. The SMILES string of the molecule is C=CS(=O)(=O)NC(F)C(F)F. The molecule has 0 aromatic rings. The van der Waals surface area contributed by atoms with E-state index in [2.05, 4.69) is 6.58 Å². The van der Waals surface area contributed by atoms with Crippen LogP contribution in [0.1, 0.15) is 0 Å². The van der Waals surface area contributed by atoms with Gasteiger partial charge in [0.2, 0.25) is 16.3 Å². The molecule has 7 heteroatoms. The van der Waals surface area contributed by atoms with Crippen LogP contribution in [0.5, 0.6) is 0 Å². The third kappa shape index (κ3) is 3.99. The summed E-state index contributed by atoms with van der Waals surface area (Å²) < 4.78 is 56.3. The quantitative estimate of drug-likeness (QED) is 0.658. The molecule has 0 aliphatic carbocycles. The molecule has 0 spiro atoms. The fourth-order valence-electron chi connectivity index (χ4n) is 0.256. The van der Waals surface area contributed by atoms with E-state index in [9.17, 15) is 21.6 Å². The molecule has 1 N–H and O–H groups in total. The minimum atomic E-state index is -4.10. The van der Waals surface area contributed by atoms with Crippen molar-refractivity contribution in [2.24, 2.45) is 0 Å². The normalized spacial score (nSPS) is 14.9. The maximum atomic E-state index is 11.9. The van der Waals surface area contributed by atoms with Crippen molar-refractivity contribution < 1.29 is 21.6 Å². The fraction of sp³-hybridized carbons (Fsp3) is 0.500. The van der Waals surface area contributed by atoms with E-state index in [1.54, 1.807) is 0 Å². The third-order valence-corrected chi connectivity index (χ3v) is 1.71. The van der Waals surface area contributed by atoms with Crippen molar-refractivity contribution in [2.45, 2.75) is 12.7 Å². The number of alkyl halides is 3. The summed E-state index contributed by atoms with van der Waals surface area (Å²) in [6.45, 7) is 2.78. The number of hydrogen-bond acceptors (Lipinski definition) is 2. The van der Waals surface area contributed by atoms with Crippen molar-refractivity contribution in [3.8, 4) is 0 Å². The van der Waals surface area contributed by atoms with Gasteiger partial charge < -0.3 is 0 Å². The largest absolute Gasteiger partial charge is 0.283 e. The van der Waals surface area contributed by atoms with E-state index in [4.69, 9.17) is 0 Å². The zero-order valence-electron chi connectivity index (χ0n) is 5.30. The highest BCUT2D eigenvalue weighted by molar-refractivity contribution is 7.92. The Morgan fingerprint density at radius 1 is 1.36 bits per heavy atom. The summed E-state index contributed by atoms with van der Waals surface area (Å²) in [5.41, 5.74) is 0. The number of nitrogens with one attached hydrogen (secondary N) is 1. The van der Waals surface area contributed by atoms with Gasteiger partial charge in [-0.2, -0.15) is 4.72 Å². The zero-order chi connectivity index (χ0) is 9.07. The van der Waals surface area contributed by atoms with E-state index in [1.807, 2.05) is 0 Å². The fourth-order valence-corrected chi connectivity index (χ4v) is 0.769. The van der Waals surface area contributed by atoms with Gasteiger partial charge in [0.05, 0.1) is 0 Å². The highest BCUT2D eigenvalue weighted by atomic mass is 32.2. The van der Waals surface area contributed by atoms with Crippen LogP contribution in [0.15, 0.2) is 12.0 Å². The van der Waals surface area contributed by atoms with Crippen LogP contribution in [0.3, 0.4) is 0 Å². The molecule has 0 aromatic heterocycles. The van der Waals surface area contributed by atoms with Crippen LogP contribution in [0.4, 0.5) is 13.2 Å². The Kier molecular flexibility index (Phi) is 3.53. The Bertz CT molecular complexity index is 225. The smallest absolute Gasteiger partial charge is 0.223 e. The van der Waals surface area contributed by atoms with E-state index in [0.717, 1.165) is 4.72 Å². The van der Waals surface area contributed by atoms with Gasteiger partial charge in [-0.15, -0.1) is 0 Å². The molecular weight excluding hydrogens is 183 g/mol. The van der Waals surface area contributed by atoms with Gasteiger partial charge in [0.15, 0.2) is 0 Å². The van der Waals surface area contributed by atoms with Crippen LogP contribution >= 0.6 is 0 Å². The van der Waals surface area contributed by atoms with Crippen LogP contribution in [-0.4, -0.2) is 21.1 Å². The van der Waals surface area contributed by atoms with Gasteiger partial charge in [-0.05, 0) is 0 Å². The average Bonchev–Trinajstić information content (AvgIpc) is 1.87. The minimum absolute atomic E-state index is 0.349. The summed E-state index contributed by atoms with van der Waals surface area (Å²) in [4.78, 5) is 0. The standard InChI is InChI=1S/C4H6F3NO2S/c1-2-11(9,10)8-4(7)3(5)6/h2-4,8H,1H2. The second-order valence-corrected chi connectivity index (χ2v) is 3.22. The summed E-state index contributed by atoms with van der Waals surface area (Å²) in [5, 5.41) is 0.349. The van der Waals surface area contributed by atoms with E-state index < -0.39 is 22.7 Å². The molecule has 0 saturated heterocycles. The van der Waals surface area contributed by atoms with E-state index in [0.29, 0.717) is 5.41 Å². The van der Waals surface area contributed by atoms with Crippen LogP contribution in [0.2, 0.25) is 0 Å². The third-order valence-electron chi connectivity index (χ3n) is 0.717. The molecule has 1 atom stereocenters. The van der Waals surface area contributed by atoms with Gasteiger partial charge in [-0.1, -0.05) is 6.58 Å². The first-order valence-electron chi connectivity index (χ1n) is 2.46. The lowest BCUT2D eigenvalue weighted by Crippen LogP contribution is -2.35. The Balaban J connectivity index is 4.16. The van der Waals surface area contributed by atoms with Gasteiger partial charge >= 0.3 is 0 Å². The van der Waals surface area contributed by atoms with Gasteiger partial charge in [0.1, 0.15) is 0 Å². The Morgan fingerprint density at radius 3 is 2.09 bits per heavy atom. The predicted molar refractivity (Wildman–Crippen MR) is 33.2 cm³/mol. The number of hydrogen-bond donors (Lipinski definition) is 1. The van der Waals surface area contributed by atoms with Crippen molar-refractivity contribution in [3.63, 3.8) is 0 Å². The summed E-state index contributed by atoms with van der Waals surface area (Å²) >= 11 is 0. The molecule has 0 aliphatic rings. The second kappa shape index (κ2) is 3.72. The molecule has 1 unspecified atom stereocenters. The minimum Gasteiger partial charge on any atom is -0.223 e. The van der Waals surface area contributed by atoms with Gasteiger partial charge in [0.25, 0.3) is 6.43 Å². The monoisotopic (exact) mass is 189 g/mol. The molecule has 66 valence electrons. The first-order chi connectivity index (χ1) is 4.89. The maximum Gasteiger partial charge on any atom is 0.283 e. The molecule has 3 nitrogen and oxygen atoms in total. The highest BCUT2D eigenvalue weighted by Gasteiger charge is 2.23. The lowest BCUT2D eigenvalue weighted by atomic mass is 10.7. The number of rotatable bonds is 4. The Morgan fingerprint density at radius 2 is 1.82 bits per heavy atom. The molecule has 0 aromatic carbocycles. The highest BCUT2D eigenvalue weighted by Crippen LogP contribution is 2.03. The zero-order valence-corrected chi connectivity index (χ0v) is 6.11. The van der Waals surface area contributed by atoms with E-state index >= 15 is 0 Å². The lowest BCUT2D eigenvalue weighted by Gasteiger charge is -2.06. The van der Waals surface area contributed by atoms with Crippen molar-refractivity contribution in [2.75, 3.05) is 0 Å². The summed E-state index contributed by atoms with van der Waals surface area (Å²) in [6.07, 6.45) is -6.25. The van der Waals surface area contributed by atoms with Gasteiger partial charge in [-0.25, -0.2) is 21.6 Å². The maximum absolute atomic E-state index is 11.9. The van der Waals surface area contributed by atoms with Crippen LogP contribution in [0.25, 0.3) is 0 Å². The molecule has 0 saturated carbocycles. The Labute approximate surface area is 62.0 Å². The summed E-state index contributed by atoms with van der Waals surface area (Å²) in [6, 6.07) is 0. The van der Waals surface area contributed by atoms with Crippen LogP contribution in [-0.2, 0) is 10.0 Å².